The minimum atomic E-state index is -4.55. The van der Waals surface area contributed by atoms with Crippen molar-refractivity contribution in [3.8, 4) is 11.4 Å². The van der Waals surface area contributed by atoms with E-state index in [1.54, 1.807) is 12.4 Å². The molecule has 2 amide bonds. The average molecular weight is 493 g/mol. The topological polar surface area (TPSA) is 150 Å². The van der Waals surface area contributed by atoms with Gasteiger partial charge in [-0.25, -0.2) is 15.0 Å². The number of rotatable bonds is 7. The Morgan fingerprint density at radius 3 is 2.91 bits per heavy atom. The van der Waals surface area contributed by atoms with Gasteiger partial charge in [-0.15, -0.1) is 0 Å². The predicted octanol–water partition coefficient (Wildman–Crippen LogP) is 0.910. The molecule has 1 aliphatic rings. The Hall–Kier alpha value is -3.81. The Balaban J connectivity index is 1.68. The summed E-state index contributed by atoms with van der Waals surface area (Å²) in [5, 5.41) is 14.8. The minimum absolute atomic E-state index is 0.0166. The molecular formula is C21H24F3N8O3+. The van der Waals surface area contributed by atoms with Crippen LogP contribution in [0.4, 0.5) is 19.0 Å². The van der Waals surface area contributed by atoms with Crippen LogP contribution in [0.15, 0.2) is 24.8 Å². The highest BCUT2D eigenvalue weighted by atomic mass is 19.4. The smallest absolute Gasteiger partial charge is 0.394 e. The Morgan fingerprint density at radius 2 is 2.17 bits per heavy atom. The highest BCUT2D eigenvalue weighted by Gasteiger charge is 2.31. The lowest BCUT2D eigenvalue weighted by molar-refractivity contribution is -0.380. The molecule has 0 aromatic carbocycles. The zero-order valence-electron chi connectivity index (χ0n) is 18.7. The summed E-state index contributed by atoms with van der Waals surface area (Å²) in [4.78, 5) is 45.8. The maximum absolute atomic E-state index is 13.3. The average Bonchev–Trinajstić information content (AvgIpc) is 3.48. The van der Waals surface area contributed by atoms with Gasteiger partial charge in [0, 0.05) is 18.8 Å². The molecule has 186 valence electrons. The molecule has 3 aromatic rings. The fourth-order valence-electron chi connectivity index (χ4n) is 3.90. The van der Waals surface area contributed by atoms with Gasteiger partial charge in [0.2, 0.25) is 5.91 Å². The van der Waals surface area contributed by atoms with Crippen molar-refractivity contribution < 1.29 is 32.9 Å². The third-order valence-corrected chi connectivity index (χ3v) is 5.65. The monoisotopic (exact) mass is 493 g/mol. The number of likely N-dealkylation sites (tertiary alicyclic amines) is 1. The van der Waals surface area contributed by atoms with Gasteiger partial charge in [0.05, 0.1) is 23.6 Å². The van der Waals surface area contributed by atoms with Gasteiger partial charge in [-0.05, 0) is 24.7 Å². The SMILES string of the molecule is C[C@H](Nc1cc(C(=O)N2CCC[C@H]2CO)nc(-c2c[nH]c3nc[nH+]cc23)n1)C(=O)NCC(F)(F)F. The summed E-state index contributed by atoms with van der Waals surface area (Å²) in [5.74, 6) is -1.09. The van der Waals surface area contributed by atoms with Crippen LogP contribution >= 0.6 is 0 Å². The number of carbonyl (C=O) groups excluding carboxylic acids is 2. The number of nitrogens with one attached hydrogen (secondary N) is 4. The lowest BCUT2D eigenvalue weighted by Gasteiger charge is -2.23. The lowest BCUT2D eigenvalue weighted by atomic mass is 10.2. The van der Waals surface area contributed by atoms with Crippen LogP contribution < -0.4 is 15.6 Å². The first-order chi connectivity index (χ1) is 16.7. The number of H-pyrrole nitrogens is 2. The molecular weight excluding hydrogens is 469 g/mol. The number of hydrogen-bond donors (Lipinski definition) is 4. The van der Waals surface area contributed by atoms with Crippen LogP contribution in [0.1, 0.15) is 30.3 Å². The van der Waals surface area contributed by atoms with Crippen molar-refractivity contribution in [1.82, 2.24) is 30.2 Å². The fraction of sp³-hybridized carbons (Fsp3) is 0.429. The number of anilines is 1. The number of aromatic amines is 2. The van der Waals surface area contributed by atoms with E-state index in [0.717, 1.165) is 6.42 Å². The van der Waals surface area contributed by atoms with E-state index in [0.29, 0.717) is 29.6 Å². The summed E-state index contributed by atoms with van der Waals surface area (Å²) in [6, 6.07) is -0.0833. The first kappa shape index (κ1) is 24.3. The largest absolute Gasteiger partial charge is 0.405 e. The van der Waals surface area contributed by atoms with Crippen LogP contribution in [0, 0.1) is 0 Å². The van der Waals surface area contributed by atoms with Gasteiger partial charge < -0.3 is 25.6 Å². The van der Waals surface area contributed by atoms with Gasteiger partial charge in [-0.2, -0.15) is 13.2 Å². The van der Waals surface area contributed by atoms with Crippen molar-refractivity contribution in [3.05, 3.63) is 30.5 Å². The number of carbonyl (C=O) groups is 2. The van der Waals surface area contributed by atoms with Gasteiger partial charge in [-0.1, -0.05) is 0 Å². The quantitative estimate of drug-likeness (QED) is 0.382. The molecule has 0 bridgehead atoms. The molecule has 35 heavy (non-hydrogen) atoms. The second-order valence-electron chi connectivity index (χ2n) is 8.17. The number of alkyl halides is 3. The van der Waals surface area contributed by atoms with Crippen molar-refractivity contribution in [2.75, 3.05) is 25.0 Å². The summed E-state index contributed by atoms with van der Waals surface area (Å²) in [6.45, 7) is 0.179. The predicted molar refractivity (Wildman–Crippen MR) is 117 cm³/mol. The fourth-order valence-corrected chi connectivity index (χ4v) is 3.90. The molecule has 4 rings (SSSR count). The molecule has 1 aliphatic heterocycles. The molecule has 0 spiro atoms. The third-order valence-electron chi connectivity index (χ3n) is 5.65. The second kappa shape index (κ2) is 9.82. The van der Waals surface area contributed by atoms with Crippen LogP contribution in [0.3, 0.4) is 0 Å². The summed E-state index contributed by atoms with van der Waals surface area (Å²) in [7, 11) is 0. The number of halogens is 3. The van der Waals surface area contributed by atoms with Crippen LogP contribution in [0.5, 0.6) is 0 Å². The van der Waals surface area contributed by atoms with E-state index < -0.39 is 30.6 Å². The Bertz CT molecular complexity index is 1230. The standard InChI is InChI=1S/C21H23F3N8O3/c1-11(19(34)27-9-21(22,23)24)29-16-5-15(20(35)32-4-2-3-12(32)8-33)30-18(31-16)14-7-26-17-13(14)6-25-10-28-17/h5-7,10-12,33H,2-4,8-9H2,1H3,(H,27,34)(H,25,26,28)(H,29,30,31)/p+1/t11-,12-/m0/s1. The molecule has 14 heteroatoms. The molecule has 2 atom stereocenters. The number of hydrogen-bond acceptors (Lipinski definition) is 7. The van der Waals surface area contributed by atoms with Gasteiger partial charge >= 0.3 is 6.18 Å². The highest BCUT2D eigenvalue weighted by Crippen LogP contribution is 2.27. The minimum Gasteiger partial charge on any atom is -0.394 e. The number of amides is 2. The molecule has 0 unspecified atom stereocenters. The van der Waals surface area contributed by atoms with Gasteiger partial charge in [0.25, 0.3) is 17.9 Å². The summed E-state index contributed by atoms with van der Waals surface area (Å²) in [6.07, 6.45) is 1.63. The maximum atomic E-state index is 13.3. The van der Waals surface area contributed by atoms with Crippen molar-refractivity contribution >= 4 is 28.7 Å². The van der Waals surface area contributed by atoms with Crippen molar-refractivity contribution in [1.29, 1.82) is 0 Å². The number of aliphatic hydroxyl groups is 1. The molecule has 5 N–H and O–H groups in total. The zero-order valence-corrected chi connectivity index (χ0v) is 18.7. The number of aromatic nitrogens is 5. The molecule has 0 radical (unpaired) electrons. The van der Waals surface area contributed by atoms with E-state index in [-0.39, 0.29) is 30.0 Å². The van der Waals surface area contributed by atoms with E-state index >= 15 is 0 Å². The molecule has 0 aliphatic carbocycles. The first-order valence-electron chi connectivity index (χ1n) is 10.9. The van der Waals surface area contributed by atoms with Crippen LogP contribution in [0.2, 0.25) is 0 Å². The maximum Gasteiger partial charge on any atom is 0.405 e. The van der Waals surface area contributed by atoms with E-state index in [4.69, 9.17) is 0 Å². The molecule has 3 aromatic heterocycles. The van der Waals surface area contributed by atoms with E-state index in [1.165, 1.54) is 24.2 Å². The summed E-state index contributed by atoms with van der Waals surface area (Å²) < 4.78 is 37.4. The van der Waals surface area contributed by atoms with Crippen LogP contribution in [0.25, 0.3) is 22.4 Å². The van der Waals surface area contributed by atoms with E-state index in [1.807, 2.05) is 5.32 Å². The molecule has 0 saturated carbocycles. The van der Waals surface area contributed by atoms with E-state index in [2.05, 4.69) is 30.2 Å². The van der Waals surface area contributed by atoms with Crippen LogP contribution in [-0.4, -0.2) is 79.7 Å². The third kappa shape index (κ3) is 5.48. The molecule has 1 fully saturated rings. The van der Waals surface area contributed by atoms with Gasteiger partial charge in [0.15, 0.2) is 5.82 Å². The van der Waals surface area contributed by atoms with Crippen LogP contribution in [-0.2, 0) is 4.79 Å². The Labute approximate surface area is 197 Å². The lowest BCUT2D eigenvalue weighted by Crippen LogP contribution is -2.42. The van der Waals surface area contributed by atoms with Crippen molar-refractivity contribution in [2.24, 2.45) is 0 Å². The number of nitrogens with zero attached hydrogens (tertiary/aromatic N) is 4. The van der Waals surface area contributed by atoms with Gasteiger partial charge in [-0.3, -0.25) is 9.59 Å². The number of aliphatic hydroxyl groups excluding tert-OH is 1. The molecule has 4 heterocycles. The van der Waals surface area contributed by atoms with Crippen molar-refractivity contribution in [2.45, 2.75) is 38.0 Å². The second-order valence-corrected chi connectivity index (χ2v) is 8.17. The molecule has 11 nitrogen and oxygen atoms in total. The Morgan fingerprint density at radius 1 is 1.37 bits per heavy atom. The highest BCUT2D eigenvalue weighted by molar-refractivity contribution is 5.96. The normalized spacial score (nSPS) is 16.9. The first-order valence-corrected chi connectivity index (χ1v) is 10.9. The number of fused-ring (bicyclic) bond motifs is 1. The van der Waals surface area contributed by atoms with Gasteiger partial charge in [0.1, 0.15) is 30.3 Å². The molecule has 1 saturated heterocycles. The summed E-state index contributed by atoms with van der Waals surface area (Å²) in [5.41, 5.74) is 1.09. The summed E-state index contributed by atoms with van der Waals surface area (Å²) >= 11 is 0. The van der Waals surface area contributed by atoms with E-state index in [9.17, 15) is 27.9 Å². The zero-order chi connectivity index (χ0) is 25.2. The Kier molecular flexibility index (Phi) is 6.82. The van der Waals surface area contributed by atoms with Crippen molar-refractivity contribution in [3.63, 3.8) is 0 Å².